The predicted molar refractivity (Wildman–Crippen MR) is 71.4 cm³/mol. The van der Waals surface area contributed by atoms with E-state index in [-0.39, 0.29) is 5.91 Å². The molecule has 6 heteroatoms. The van der Waals surface area contributed by atoms with Crippen LogP contribution in [0.15, 0.2) is 18.3 Å². The third kappa shape index (κ3) is 3.42. The molecule has 1 aromatic rings. The van der Waals surface area contributed by atoms with Crippen LogP contribution in [-0.4, -0.2) is 48.5 Å². The van der Waals surface area contributed by atoms with E-state index in [1.807, 2.05) is 4.90 Å². The average molecular weight is 259 g/mol. The normalized spacial score (nSPS) is 16.7. The summed E-state index contributed by atoms with van der Waals surface area (Å²) in [5, 5.41) is 9.10. The molecule has 0 unspecified atom stereocenters. The van der Waals surface area contributed by atoms with Gasteiger partial charge in [-0.25, -0.2) is 4.98 Å². The van der Waals surface area contributed by atoms with Gasteiger partial charge in [-0.2, -0.15) is 5.26 Å². The first-order valence-corrected chi connectivity index (χ1v) is 6.31. The van der Waals surface area contributed by atoms with Gasteiger partial charge in [0.1, 0.15) is 11.9 Å². The summed E-state index contributed by atoms with van der Waals surface area (Å²) in [7, 11) is 0. The maximum atomic E-state index is 10.9. The van der Waals surface area contributed by atoms with Crippen LogP contribution in [0.5, 0.6) is 0 Å². The van der Waals surface area contributed by atoms with E-state index in [0.29, 0.717) is 12.1 Å². The molecule has 0 bridgehead atoms. The van der Waals surface area contributed by atoms with Crippen LogP contribution in [0.2, 0.25) is 0 Å². The summed E-state index contributed by atoms with van der Waals surface area (Å²) in [6.07, 6.45) is 2.62. The van der Waals surface area contributed by atoms with Crippen LogP contribution >= 0.6 is 0 Å². The number of rotatable bonds is 3. The van der Waals surface area contributed by atoms with Gasteiger partial charge < -0.3 is 10.6 Å². The fourth-order valence-electron chi connectivity index (χ4n) is 2.30. The molecule has 2 heterocycles. The number of anilines is 1. The van der Waals surface area contributed by atoms with Crippen LogP contribution in [0.3, 0.4) is 0 Å². The number of nitriles is 1. The highest BCUT2D eigenvalue weighted by atomic mass is 16.1. The number of carbonyl (C=O) groups is 1. The van der Waals surface area contributed by atoms with E-state index in [9.17, 15) is 4.79 Å². The third-order valence-electron chi connectivity index (χ3n) is 3.17. The van der Waals surface area contributed by atoms with Crippen molar-refractivity contribution in [3.63, 3.8) is 0 Å². The SMILES string of the molecule is N#Cc1cccnc1N1CCCN(CC(N)=O)CC1. The smallest absolute Gasteiger partial charge is 0.231 e. The fraction of sp³-hybridized carbons (Fsp3) is 0.462. The Bertz CT molecular complexity index is 496. The topological polar surface area (TPSA) is 86.2 Å². The van der Waals surface area contributed by atoms with Crippen LogP contribution in [0.25, 0.3) is 0 Å². The summed E-state index contributed by atoms with van der Waals surface area (Å²) in [6, 6.07) is 5.70. The van der Waals surface area contributed by atoms with Gasteiger partial charge in [0, 0.05) is 32.4 Å². The fourth-order valence-corrected chi connectivity index (χ4v) is 2.30. The first-order valence-electron chi connectivity index (χ1n) is 6.31. The number of hydrogen-bond acceptors (Lipinski definition) is 5. The highest BCUT2D eigenvalue weighted by molar-refractivity contribution is 5.75. The molecule has 0 aliphatic carbocycles. The van der Waals surface area contributed by atoms with Gasteiger partial charge in [0.15, 0.2) is 0 Å². The predicted octanol–water partition coefficient (Wildman–Crippen LogP) is -0.0493. The Morgan fingerprint density at radius 2 is 2.26 bits per heavy atom. The number of amides is 1. The summed E-state index contributed by atoms with van der Waals surface area (Å²) in [6.45, 7) is 3.47. The Morgan fingerprint density at radius 3 is 3.00 bits per heavy atom. The molecule has 0 saturated carbocycles. The second kappa shape index (κ2) is 6.16. The summed E-state index contributed by atoms with van der Waals surface area (Å²) in [5.41, 5.74) is 5.80. The molecule has 1 aliphatic rings. The Morgan fingerprint density at radius 1 is 1.42 bits per heavy atom. The number of primary amides is 1. The molecule has 0 spiro atoms. The second-order valence-corrected chi connectivity index (χ2v) is 4.57. The van der Waals surface area contributed by atoms with E-state index >= 15 is 0 Å². The minimum Gasteiger partial charge on any atom is -0.369 e. The van der Waals surface area contributed by atoms with Crippen molar-refractivity contribution in [2.24, 2.45) is 5.73 Å². The van der Waals surface area contributed by atoms with E-state index in [1.54, 1.807) is 18.3 Å². The van der Waals surface area contributed by atoms with E-state index < -0.39 is 0 Å². The standard InChI is InChI=1S/C13H17N5O/c14-9-11-3-1-4-16-13(11)18-6-2-5-17(7-8-18)10-12(15)19/h1,3-4H,2,5-8,10H2,(H2,15,19). The van der Waals surface area contributed by atoms with Gasteiger partial charge in [0.2, 0.25) is 5.91 Å². The molecule has 1 fully saturated rings. The molecule has 100 valence electrons. The largest absolute Gasteiger partial charge is 0.369 e. The maximum absolute atomic E-state index is 10.9. The van der Waals surface area contributed by atoms with Crippen molar-refractivity contribution in [2.45, 2.75) is 6.42 Å². The van der Waals surface area contributed by atoms with Gasteiger partial charge in [-0.05, 0) is 18.6 Å². The number of nitrogens with zero attached hydrogens (tertiary/aromatic N) is 4. The van der Waals surface area contributed by atoms with Crippen molar-refractivity contribution in [1.82, 2.24) is 9.88 Å². The molecule has 1 saturated heterocycles. The van der Waals surface area contributed by atoms with Crippen molar-refractivity contribution in [3.8, 4) is 6.07 Å². The van der Waals surface area contributed by atoms with Gasteiger partial charge in [-0.1, -0.05) is 0 Å². The molecule has 0 atom stereocenters. The molecule has 6 nitrogen and oxygen atoms in total. The Kier molecular flexibility index (Phi) is 4.31. The second-order valence-electron chi connectivity index (χ2n) is 4.57. The van der Waals surface area contributed by atoms with Gasteiger partial charge >= 0.3 is 0 Å². The van der Waals surface area contributed by atoms with Crippen LogP contribution in [0, 0.1) is 11.3 Å². The highest BCUT2D eigenvalue weighted by Crippen LogP contribution is 2.17. The summed E-state index contributed by atoms with van der Waals surface area (Å²) >= 11 is 0. The first-order chi connectivity index (χ1) is 9.20. The molecule has 1 aliphatic heterocycles. The van der Waals surface area contributed by atoms with Crippen LogP contribution in [0.1, 0.15) is 12.0 Å². The van der Waals surface area contributed by atoms with E-state index in [2.05, 4.69) is 16.0 Å². The lowest BCUT2D eigenvalue weighted by atomic mass is 10.2. The lowest BCUT2D eigenvalue weighted by molar-refractivity contribution is -0.119. The minimum atomic E-state index is -0.302. The lowest BCUT2D eigenvalue weighted by Crippen LogP contribution is -2.37. The first kappa shape index (κ1) is 13.3. The van der Waals surface area contributed by atoms with Crippen LogP contribution in [-0.2, 0) is 4.79 Å². The monoisotopic (exact) mass is 259 g/mol. The van der Waals surface area contributed by atoms with E-state index in [4.69, 9.17) is 11.0 Å². The summed E-state index contributed by atoms with van der Waals surface area (Å²) in [4.78, 5) is 19.4. The Labute approximate surface area is 112 Å². The average Bonchev–Trinajstić information content (AvgIpc) is 2.63. The van der Waals surface area contributed by atoms with Gasteiger partial charge in [0.25, 0.3) is 0 Å². The molecular formula is C13H17N5O. The van der Waals surface area contributed by atoms with Crippen molar-refractivity contribution in [1.29, 1.82) is 5.26 Å². The number of pyridine rings is 1. The molecule has 1 amide bonds. The molecule has 19 heavy (non-hydrogen) atoms. The zero-order valence-electron chi connectivity index (χ0n) is 10.7. The van der Waals surface area contributed by atoms with E-state index in [1.165, 1.54) is 0 Å². The molecular weight excluding hydrogens is 242 g/mol. The van der Waals surface area contributed by atoms with Gasteiger partial charge in [0.05, 0.1) is 12.1 Å². The molecule has 0 aromatic carbocycles. The van der Waals surface area contributed by atoms with Crippen LogP contribution < -0.4 is 10.6 Å². The molecule has 2 N–H and O–H groups in total. The highest BCUT2D eigenvalue weighted by Gasteiger charge is 2.18. The van der Waals surface area contributed by atoms with Crippen molar-refractivity contribution in [2.75, 3.05) is 37.6 Å². The summed E-state index contributed by atoms with van der Waals surface area (Å²) < 4.78 is 0. The van der Waals surface area contributed by atoms with E-state index in [0.717, 1.165) is 38.4 Å². The quantitative estimate of drug-likeness (QED) is 0.822. The Balaban J connectivity index is 2.07. The minimum absolute atomic E-state index is 0.293. The molecule has 0 radical (unpaired) electrons. The van der Waals surface area contributed by atoms with Crippen molar-refractivity contribution >= 4 is 11.7 Å². The zero-order chi connectivity index (χ0) is 13.7. The van der Waals surface area contributed by atoms with Gasteiger partial charge in [-0.15, -0.1) is 0 Å². The summed E-state index contributed by atoms with van der Waals surface area (Å²) in [5.74, 6) is 0.426. The van der Waals surface area contributed by atoms with Crippen molar-refractivity contribution < 1.29 is 4.79 Å². The maximum Gasteiger partial charge on any atom is 0.231 e. The number of aromatic nitrogens is 1. The Hall–Kier alpha value is -2.13. The lowest BCUT2D eigenvalue weighted by Gasteiger charge is -2.22. The number of nitrogens with two attached hydrogens (primary N) is 1. The zero-order valence-corrected chi connectivity index (χ0v) is 10.7. The molecule has 1 aromatic heterocycles. The molecule has 2 rings (SSSR count). The number of carbonyl (C=O) groups excluding carboxylic acids is 1. The third-order valence-corrected chi connectivity index (χ3v) is 3.17. The van der Waals surface area contributed by atoms with Gasteiger partial charge in [-0.3, -0.25) is 9.69 Å². The van der Waals surface area contributed by atoms with Crippen molar-refractivity contribution in [3.05, 3.63) is 23.9 Å². The number of hydrogen-bond donors (Lipinski definition) is 1. The van der Waals surface area contributed by atoms with Crippen LogP contribution in [0.4, 0.5) is 5.82 Å².